The first-order valence-corrected chi connectivity index (χ1v) is 12.0. The van der Waals surface area contributed by atoms with Crippen LogP contribution in [0.5, 0.6) is 5.75 Å². The maximum atomic E-state index is 5.72. The average Bonchev–Trinajstić information content (AvgIpc) is 2.41. The minimum atomic E-state index is -0.876. The lowest BCUT2D eigenvalue weighted by Crippen LogP contribution is -2.45. The third-order valence-corrected chi connectivity index (χ3v) is 7.22. The fourth-order valence-corrected chi connectivity index (χ4v) is 6.84. The number of benzene rings is 1. The second-order valence-corrected chi connectivity index (χ2v) is 9.76. The summed E-state index contributed by atoms with van der Waals surface area (Å²) < 4.78 is 17.1. The molecule has 0 unspecified atom stereocenters. The van der Waals surface area contributed by atoms with Crippen LogP contribution in [0.25, 0.3) is 0 Å². The Balaban J connectivity index is 2.91. The van der Waals surface area contributed by atoms with Gasteiger partial charge in [0.1, 0.15) is 21.2 Å². The monoisotopic (exact) mass is 312 g/mol. The van der Waals surface area contributed by atoms with Gasteiger partial charge < -0.3 is 14.2 Å². The summed E-state index contributed by atoms with van der Waals surface area (Å²) in [5.41, 5.74) is 0. The van der Waals surface area contributed by atoms with E-state index in [0.29, 0.717) is 13.2 Å². The van der Waals surface area contributed by atoms with Crippen molar-refractivity contribution in [2.45, 2.75) is 39.8 Å². The fraction of sp³-hybridized carbons (Fsp3) is 0.600. The molecular weight excluding hydrogens is 284 g/mol. The van der Waals surface area contributed by atoms with Crippen LogP contribution in [0.3, 0.4) is 0 Å². The molecule has 1 aromatic carbocycles. The fourth-order valence-electron chi connectivity index (χ4n) is 2.27. The first-order chi connectivity index (χ1) is 9.62. The molecule has 1 aromatic rings. The van der Waals surface area contributed by atoms with E-state index < -0.39 is 18.3 Å². The molecule has 0 aliphatic rings. The van der Waals surface area contributed by atoms with Crippen LogP contribution < -0.4 is 15.1 Å². The second kappa shape index (κ2) is 9.34. The number of hydrogen-bond acceptors (Lipinski definition) is 3. The van der Waals surface area contributed by atoms with E-state index in [1.54, 1.807) is 0 Å². The summed E-state index contributed by atoms with van der Waals surface area (Å²) in [6, 6.07) is 6.54. The molecule has 0 fully saturated rings. The highest BCUT2D eigenvalue weighted by atomic mass is 28.3. The topological polar surface area (TPSA) is 27.7 Å². The standard InChI is InChI=1S/C15H28O3Si2/c1-6-16-12-9-10-13(14(11-12)20(4)5)19-15(17-7-2)18-8-3/h9-11,15,20H,6-8,19H2,1-5H3. The van der Waals surface area contributed by atoms with Gasteiger partial charge >= 0.3 is 0 Å². The van der Waals surface area contributed by atoms with Crippen LogP contribution in [-0.4, -0.2) is 44.1 Å². The summed E-state index contributed by atoms with van der Waals surface area (Å²) in [5.74, 6) is 0.986. The van der Waals surface area contributed by atoms with Gasteiger partial charge in [-0.1, -0.05) is 29.5 Å². The van der Waals surface area contributed by atoms with Crippen molar-refractivity contribution in [3.05, 3.63) is 18.2 Å². The molecule has 0 aliphatic heterocycles. The summed E-state index contributed by atoms with van der Waals surface area (Å²) in [6.07, 6.45) is 0. The van der Waals surface area contributed by atoms with Gasteiger partial charge in [-0.2, -0.15) is 0 Å². The largest absolute Gasteiger partial charge is 0.494 e. The van der Waals surface area contributed by atoms with E-state index in [4.69, 9.17) is 14.2 Å². The highest BCUT2D eigenvalue weighted by Gasteiger charge is 2.16. The Morgan fingerprint density at radius 2 is 1.70 bits per heavy atom. The van der Waals surface area contributed by atoms with Crippen LogP contribution >= 0.6 is 0 Å². The normalized spacial score (nSPS) is 11.9. The van der Waals surface area contributed by atoms with Crippen LogP contribution in [0.1, 0.15) is 20.8 Å². The molecule has 0 spiro atoms. The molecule has 0 N–H and O–H groups in total. The van der Waals surface area contributed by atoms with Crippen molar-refractivity contribution in [3.8, 4) is 5.75 Å². The van der Waals surface area contributed by atoms with Crippen molar-refractivity contribution in [3.63, 3.8) is 0 Å². The summed E-state index contributed by atoms with van der Waals surface area (Å²) >= 11 is 0. The van der Waals surface area contributed by atoms with E-state index in [1.165, 1.54) is 10.4 Å². The van der Waals surface area contributed by atoms with Gasteiger partial charge in [-0.05, 0) is 32.9 Å². The van der Waals surface area contributed by atoms with Crippen molar-refractivity contribution in [2.75, 3.05) is 19.8 Å². The Morgan fingerprint density at radius 3 is 2.20 bits per heavy atom. The van der Waals surface area contributed by atoms with Crippen molar-refractivity contribution in [1.29, 1.82) is 0 Å². The van der Waals surface area contributed by atoms with Crippen LogP contribution in [0, 0.1) is 0 Å². The second-order valence-electron chi connectivity index (χ2n) is 4.99. The van der Waals surface area contributed by atoms with E-state index in [1.807, 2.05) is 20.8 Å². The zero-order valence-corrected chi connectivity index (χ0v) is 16.0. The summed E-state index contributed by atoms with van der Waals surface area (Å²) in [7, 11) is -1.46. The third kappa shape index (κ3) is 5.40. The van der Waals surface area contributed by atoms with Gasteiger partial charge in [0.2, 0.25) is 0 Å². The van der Waals surface area contributed by atoms with Gasteiger partial charge in [-0.15, -0.1) is 0 Å². The van der Waals surface area contributed by atoms with Crippen LogP contribution in [-0.2, 0) is 9.47 Å². The molecule has 3 nitrogen and oxygen atoms in total. The smallest absolute Gasteiger partial charge is 0.139 e. The SMILES string of the molecule is CCOc1ccc([SiH2]C(OCC)OCC)c([SiH](C)C)c1. The molecule has 0 radical (unpaired) electrons. The third-order valence-electron chi connectivity index (χ3n) is 3.14. The first-order valence-electron chi connectivity index (χ1n) is 7.61. The Hall–Kier alpha value is -0.626. The zero-order valence-electron chi connectivity index (χ0n) is 13.4. The van der Waals surface area contributed by atoms with Crippen molar-refractivity contribution >= 4 is 28.7 Å². The molecule has 20 heavy (non-hydrogen) atoms. The van der Waals surface area contributed by atoms with Gasteiger partial charge in [0.15, 0.2) is 0 Å². The van der Waals surface area contributed by atoms with E-state index in [-0.39, 0.29) is 5.91 Å². The molecule has 0 saturated heterocycles. The predicted molar refractivity (Wildman–Crippen MR) is 91.3 cm³/mol. The molecule has 0 atom stereocenters. The van der Waals surface area contributed by atoms with Gasteiger partial charge in [0, 0.05) is 13.2 Å². The molecule has 0 amide bonds. The maximum absolute atomic E-state index is 5.72. The molecule has 0 saturated carbocycles. The Kier molecular flexibility index (Phi) is 8.13. The highest BCUT2D eigenvalue weighted by Crippen LogP contribution is 2.07. The molecule has 0 heterocycles. The van der Waals surface area contributed by atoms with Crippen LogP contribution in [0.4, 0.5) is 0 Å². The van der Waals surface area contributed by atoms with Crippen molar-refractivity contribution in [2.24, 2.45) is 0 Å². The van der Waals surface area contributed by atoms with E-state index in [0.717, 1.165) is 12.4 Å². The molecule has 0 bridgehead atoms. The molecule has 5 heteroatoms. The maximum Gasteiger partial charge on any atom is 0.139 e. The molecule has 0 aromatic heterocycles. The molecule has 0 aliphatic carbocycles. The lowest BCUT2D eigenvalue weighted by atomic mass is 10.3. The Bertz CT molecular complexity index is 391. The van der Waals surface area contributed by atoms with Gasteiger partial charge in [-0.3, -0.25) is 0 Å². The van der Waals surface area contributed by atoms with Gasteiger partial charge in [-0.25, -0.2) is 0 Å². The summed E-state index contributed by atoms with van der Waals surface area (Å²) in [6.45, 7) is 12.9. The lowest BCUT2D eigenvalue weighted by molar-refractivity contribution is -0.0817. The zero-order chi connectivity index (χ0) is 15.0. The Morgan fingerprint density at radius 1 is 1.05 bits per heavy atom. The number of ether oxygens (including phenoxy) is 3. The van der Waals surface area contributed by atoms with E-state index in [9.17, 15) is 0 Å². The average molecular weight is 313 g/mol. The van der Waals surface area contributed by atoms with Crippen molar-refractivity contribution in [1.82, 2.24) is 0 Å². The number of hydrogen-bond donors (Lipinski definition) is 0. The van der Waals surface area contributed by atoms with Crippen LogP contribution in [0.15, 0.2) is 18.2 Å². The minimum Gasteiger partial charge on any atom is -0.494 e. The first kappa shape index (κ1) is 17.4. The minimum absolute atomic E-state index is 0.00514. The van der Waals surface area contributed by atoms with E-state index >= 15 is 0 Å². The highest BCUT2D eigenvalue weighted by molar-refractivity contribution is 6.77. The Labute approximate surface area is 127 Å². The predicted octanol–water partition coefficient (Wildman–Crippen LogP) is 0.930. The van der Waals surface area contributed by atoms with E-state index in [2.05, 4.69) is 31.3 Å². The summed E-state index contributed by atoms with van der Waals surface area (Å²) in [4.78, 5) is 0. The van der Waals surface area contributed by atoms with Crippen molar-refractivity contribution < 1.29 is 14.2 Å². The number of rotatable bonds is 9. The van der Waals surface area contributed by atoms with Gasteiger partial charge in [0.05, 0.1) is 15.4 Å². The molecule has 114 valence electrons. The van der Waals surface area contributed by atoms with Crippen LogP contribution in [0.2, 0.25) is 13.1 Å². The molecular formula is C15H28O3Si2. The van der Waals surface area contributed by atoms with Gasteiger partial charge in [0.25, 0.3) is 0 Å². The lowest BCUT2D eigenvalue weighted by Gasteiger charge is -2.20. The summed E-state index contributed by atoms with van der Waals surface area (Å²) in [5, 5.41) is 2.98. The quantitative estimate of drug-likeness (QED) is 0.501. The molecule has 1 rings (SSSR count).